The highest BCUT2D eigenvalue weighted by Gasteiger charge is 2.12. The maximum atomic E-state index is 11.0. The highest BCUT2D eigenvalue weighted by atomic mass is 16.5. The third kappa shape index (κ3) is 2.54. The number of methoxy groups -OCH3 is 1. The van der Waals surface area contributed by atoms with E-state index in [1.54, 1.807) is 18.2 Å². The first kappa shape index (κ1) is 11.8. The molecular formula is C12H10N2O4. The van der Waals surface area contributed by atoms with Gasteiger partial charge in [0.2, 0.25) is 11.8 Å². The van der Waals surface area contributed by atoms with E-state index in [9.17, 15) is 4.79 Å². The number of aromatic nitrogens is 2. The summed E-state index contributed by atoms with van der Waals surface area (Å²) in [5, 5.41) is 8.99. The van der Waals surface area contributed by atoms with Gasteiger partial charge >= 0.3 is 5.97 Å². The summed E-state index contributed by atoms with van der Waals surface area (Å²) in [6, 6.07) is 6.31. The van der Waals surface area contributed by atoms with Gasteiger partial charge in [0.1, 0.15) is 5.56 Å². The third-order valence-electron chi connectivity index (χ3n) is 2.14. The summed E-state index contributed by atoms with van der Waals surface area (Å²) in [7, 11) is 1.48. The van der Waals surface area contributed by atoms with E-state index in [0.717, 1.165) is 0 Å². The number of carbonyl (C=O) groups is 1. The van der Waals surface area contributed by atoms with Gasteiger partial charge in [0.25, 0.3) is 0 Å². The van der Waals surface area contributed by atoms with Gasteiger partial charge in [-0.15, -0.1) is 0 Å². The molecule has 2 rings (SSSR count). The Bertz CT molecular complexity index is 572. The molecule has 2 aromatic rings. The maximum absolute atomic E-state index is 11.0. The number of rotatable bonds is 4. The number of carboxylic acid groups (broad SMARTS) is 1. The lowest BCUT2D eigenvalue weighted by Gasteiger charge is -2.07. The van der Waals surface area contributed by atoms with E-state index in [1.165, 1.54) is 25.6 Å². The molecule has 0 aliphatic rings. The second-order valence-electron chi connectivity index (χ2n) is 3.30. The molecule has 0 amide bonds. The summed E-state index contributed by atoms with van der Waals surface area (Å²) in [4.78, 5) is 18.8. The van der Waals surface area contributed by atoms with Crippen molar-refractivity contribution in [1.82, 2.24) is 9.97 Å². The molecule has 0 bridgehead atoms. The second kappa shape index (κ2) is 5.13. The van der Waals surface area contributed by atoms with Crippen molar-refractivity contribution in [1.29, 1.82) is 0 Å². The third-order valence-corrected chi connectivity index (χ3v) is 2.14. The van der Waals surface area contributed by atoms with Gasteiger partial charge in [-0.3, -0.25) is 4.98 Å². The molecular weight excluding hydrogens is 236 g/mol. The Morgan fingerprint density at radius 2 is 2.06 bits per heavy atom. The second-order valence-corrected chi connectivity index (χ2v) is 3.30. The fraction of sp³-hybridized carbons (Fsp3) is 0.0833. The zero-order valence-electron chi connectivity index (χ0n) is 9.53. The summed E-state index contributed by atoms with van der Waals surface area (Å²) in [6.07, 6.45) is 2.71. The van der Waals surface area contributed by atoms with Crippen molar-refractivity contribution in [3.05, 3.63) is 42.2 Å². The lowest BCUT2D eigenvalue weighted by molar-refractivity contribution is 0.0694. The van der Waals surface area contributed by atoms with Crippen LogP contribution in [-0.4, -0.2) is 28.2 Å². The molecule has 0 fully saturated rings. The van der Waals surface area contributed by atoms with E-state index in [1.807, 2.05) is 0 Å². The van der Waals surface area contributed by atoms with Gasteiger partial charge in [0.15, 0.2) is 5.75 Å². The molecule has 92 valence electrons. The largest absolute Gasteiger partial charge is 0.481 e. The fourth-order valence-corrected chi connectivity index (χ4v) is 1.32. The number of ether oxygens (including phenoxy) is 2. The molecule has 18 heavy (non-hydrogen) atoms. The number of carboxylic acids is 1. The maximum Gasteiger partial charge on any atom is 0.339 e. The van der Waals surface area contributed by atoms with E-state index in [2.05, 4.69) is 9.97 Å². The Kier molecular flexibility index (Phi) is 3.38. The van der Waals surface area contributed by atoms with Crippen LogP contribution < -0.4 is 9.47 Å². The lowest BCUT2D eigenvalue weighted by Crippen LogP contribution is -2.01. The van der Waals surface area contributed by atoms with Crippen molar-refractivity contribution in [2.45, 2.75) is 0 Å². The number of aromatic carboxylic acids is 1. The van der Waals surface area contributed by atoms with Crippen LogP contribution in [0.5, 0.6) is 17.5 Å². The average Bonchev–Trinajstić information content (AvgIpc) is 2.39. The minimum atomic E-state index is -1.09. The van der Waals surface area contributed by atoms with Crippen LogP contribution in [-0.2, 0) is 0 Å². The average molecular weight is 246 g/mol. The van der Waals surface area contributed by atoms with Crippen molar-refractivity contribution in [3.63, 3.8) is 0 Å². The first-order chi connectivity index (χ1) is 8.70. The van der Waals surface area contributed by atoms with E-state index in [4.69, 9.17) is 14.6 Å². The summed E-state index contributed by atoms with van der Waals surface area (Å²) >= 11 is 0. The van der Waals surface area contributed by atoms with Gasteiger partial charge in [0, 0.05) is 18.3 Å². The molecule has 2 heterocycles. The van der Waals surface area contributed by atoms with Crippen LogP contribution in [0.25, 0.3) is 0 Å². The molecule has 0 radical (unpaired) electrons. The molecule has 0 saturated carbocycles. The summed E-state index contributed by atoms with van der Waals surface area (Å²) in [5.74, 6) is -0.334. The zero-order chi connectivity index (χ0) is 13.0. The summed E-state index contributed by atoms with van der Waals surface area (Å²) in [5.41, 5.74) is 0.0228. The number of hydrogen-bond acceptors (Lipinski definition) is 5. The molecule has 0 aromatic carbocycles. The van der Waals surface area contributed by atoms with Crippen molar-refractivity contribution in [2.24, 2.45) is 0 Å². The number of pyridine rings is 2. The molecule has 6 nitrogen and oxygen atoms in total. The molecule has 2 aromatic heterocycles. The molecule has 0 saturated heterocycles. The molecule has 1 N–H and O–H groups in total. The van der Waals surface area contributed by atoms with E-state index in [0.29, 0.717) is 5.88 Å². The first-order valence-electron chi connectivity index (χ1n) is 5.07. The van der Waals surface area contributed by atoms with Crippen molar-refractivity contribution >= 4 is 5.97 Å². The zero-order valence-corrected chi connectivity index (χ0v) is 9.53. The minimum absolute atomic E-state index is 0.0228. The number of hydrogen-bond donors (Lipinski definition) is 1. The van der Waals surface area contributed by atoms with Crippen molar-refractivity contribution in [2.75, 3.05) is 7.11 Å². The highest BCUT2D eigenvalue weighted by molar-refractivity contribution is 5.90. The molecule has 0 spiro atoms. The predicted octanol–water partition coefficient (Wildman–Crippen LogP) is 1.98. The van der Waals surface area contributed by atoms with Crippen LogP contribution in [0.4, 0.5) is 0 Å². The van der Waals surface area contributed by atoms with Crippen molar-refractivity contribution in [3.8, 4) is 17.5 Å². The molecule has 0 atom stereocenters. The predicted molar refractivity (Wildman–Crippen MR) is 62.1 cm³/mol. The van der Waals surface area contributed by atoms with Crippen LogP contribution in [0, 0.1) is 0 Å². The van der Waals surface area contributed by atoms with Crippen LogP contribution in [0.1, 0.15) is 10.4 Å². The van der Waals surface area contributed by atoms with Crippen LogP contribution >= 0.6 is 0 Å². The Balaban J connectivity index is 2.31. The lowest BCUT2D eigenvalue weighted by atomic mass is 10.2. The van der Waals surface area contributed by atoms with Crippen LogP contribution in [0.3, 0.4) is 0 Å². The van der Waals surface area contributed by atoms with Gasteiger partial charge in [-0.2, -0.15) is 4.98 Å². The number of nitrogens with zero attached hydrogens (tertiary/aromatic N) is 2. The van der Waals surface area contributed by atoms with E-state index in [-0.39, 0.29) is 17.2 Å². The van der Waals surface area contributed by atoms with E-state index >= 15 is 0 Å². The van der Waals surface area contributed by atoms with Crippen LogP contribution in [0.15, 0.2) is 36.7 Å². The summed E-state index contributed by atoms with van der Waals surface area (Å²) in [6.45, 7) is 0. The molecule has 0 aliphatic carbocycles. The molecule has 6 heteroatoms. The SMILES string of the molecule is COc1cccc(Oc2cnccc2C(=O)O)n1. The Hall–Kier alpha value is -2.63. The van der Waals surface area contributed by atoms with Gasteiger partial charge in [-0.1, -0.05) is 6.07 Å². The highest BCUT2D eigenvalue weighted by Crippen LogP contribution is 2.24. The standard InChI is InChI=1S/C12H10N2O4/c1-17-10-3-2-4-11(14-10)18-9-7-13-6-5-8(9)12(15)16/h2-7H,1H3,(H,15,16). The van der Waals surface area contributed by atoms with Gasteiger partial charge in [-0.25, -0.2) is 4.79 Å². The monoisotopic (exact) mass is 246 g/mol. The van der Waals surface area contributed by atoms with Gasteiger partial charge in [0.05, 0.1) is 13.3 Å². The van der Waals surface area contributed by atoms with Gasteiger partial charge < -0.3 is 14.6 Å². The molecule has 0 aliphatic heterocycles. The normalized spacial score (nSPS) is 9.83. The molecule has 0 unspecified atom stereocenters. The minimum Gasteiger partial charge on any atom is -0.481 e. The Morgan fingerprint density at radius 3 is 2.78 bits per heavy atom. The van der Waals surface area contributed by atoms with E-state index < -0.39 is 5.97 Å². The van der Waals surface area contributed by atoms with Crippen molar-refractivity contribution < 1.29 is 19.4 Å². The van der Waals surface area contributed by atoms with Crippen LogP contribution in [0.2, 0.25) is 0 Å². The smallest absolute Gasteiger partial charge is 0.339 e. The Labute approximate surface area is 103 Å². The quantitative estimate of drug-likeness (QED) is 0.888. The topological polar surface area (TPSA) is 81.5 Å². The fourth-order valence-electron chi connectivity index (χ4n) is 1.32. The Morgan fingerprint density at radius 1 is 1.28 bits per heavy atom. The first-order valence-corrected chi connectivity index (χ1v) is 5.07. The summed E-state index contributed by atoms with van der Waals surface area (Å²) < 4.78 is 10.3. The van der Waals surface area contributed by atoms with Gasteiger partial charge in [-0.05, 0) is 6.07 Å².